The second-order valence-electron chi connectivity index (χ2n) is 4.32. The van der Waals surface area contributed by atoms with Crippen LogP contribution in [0.2, 0.25) is 0 Å². The number of hydrogen-bond acceptors (Lipinski definition) is 1. The van der Waals surface area contributed by atoms with Crippen LogP contribution in [0.1, 0.15) is 41.0 Å². The third kappa shape index (κ3) is 5.05. The van der Waals surface area contributed by atoms with Crippen molar-refractivity contribution in [3.05, 3.63) is 12.2 Å². The molecule has 0 aliphatic heterocycles. The first-order valence-electron chi connectivity index (χ1n) is 5.40. The highest BCUT2D eigenvalue weighted by Gasteiger charge is 2.20. The van der Waals surface area contributed by atoms with Crippen molar-refractivity contribution in [2.75, 3.05) is 0 Å². The van der Waals surface area contributed by atoms with Crippen LogP contribution in [0.3, 0.4) is 0 Å². The van der Waals surface area contributed by atoms with Gasteiger partial charge in [-0.3, -0.25) is 4.79 Å². The van der Waals surface area contributed by atoms with Crippen LogP contribution in [0.15, 0.2) is 12.2 Å². The molecule has 0 saturated heterocycles. The number of hydrogen-bond donors (Lipinski definition) is 1. The Hall–Kier alpha value is -0.790. The summed E-state index contributed by atoms with van der Waals surface area (Å²) < 4.78 is 0. The minimum Gasteiger partial charge on any atom is -0.354 e. The van der Waals surface area contributed by atoms with Crippen LogP contribution in [0, 0.1) is 11.8 Å². The van der Waals surface area contributed by atoms with Crippen molar-refractivity contribution in [2.45, 2.75) is 47.1 Å². The number of rotatable bonds is 5. The maximum Gasteiger partial charge on any atom is 0.223 e. The lowest BCUT2D eigenvalue weighted by Gasteiger charge is -2.20. The Morgan fingerprint density at radius 3 is 2.21 bits per heavy atom. The molecule has 2 heteroatoms. The minimum atomic E-state index is 0.105. The van der Waals surface area contributed by atoms with Gasteiger partial charge in [-0.2, -0.15) is 0 Å². The van der Waals surface area contributed by atoms with E-state index < -0.39 is 0 Å². The first-order valence-corrected chi connectivity index (χ1v) is 5.40. The molecule has 0 spiro atoms. The van der Waals surface area contributed by atoms with Crippen LogP contribution >= 0.6 is 0 Å². The predicted molar refractivity (Wildman–Crippen MR) is 61.0 cm³/mol. The quantitative estimate of drug-likeness (QED) is 0.675. The lowest BCUT2D eigenvalue weighted by atomic mass is 9.91. The molecule has 0 saturated carbocycles. The van der Waals surface area contributed by atoms with E-state index in [0.29, 0.717) is 5.92 Å². The van der Waals surface area contributed by atoms with Gasteiger partial charge < -0.3 is 5.32 Å². The van der Waals surface area contributed by atoms with E-state index in [1.807, 2.05) is 26.8 Å². The van der Waals surface area contributed by atoms with E-state index in [1.165, 1.54) is 0 Å². The zero-order chi connectivity index (χ0) is 11.1. The normalized spacial score (nSPS) is 13.9. The Balaban J connectivity index is 4.26. The summed E-state index contributed by atoms with van der Waals surface area (Å²) in [5, 5.41) is 2.96. The fourth-order valence-electron chi connectivity index (χ4n) is 1.36. The predicted octanol–water partition coefficient (Wildman–Crippen LogP) is 2.75. The van der Waals surface area contributed by atoms with Gasteiger partial charge in [0.25, 0.3) is 0 Å². The van der Waals surface area contributed by atoms with Crippen molar-refractivity contribution < 1.29 is 4.79 Å². The lowest BCUT2D eigenvalue weighted by Crippen LogP contribution is -2.37. The fraction of sp³-hybridized carbons (Fsp3) is 0.750. The molecule has 0 fully saturated rings. The number of carbonyl (C=O) groups excluding carboxylic acids is 1. The molecule has 1 unspecified atom stereocenters. The Morgan fingerprint density at radius 1 is 1.29 bits per heavy atom. The van der Waals surface area contributed by atoms with E-state index in [4.69, 9.17) is 0 Å². The molecule has 1 atom stereocenters. The molecule has 0 aliphatic carbocycles. The molecule has 2 nitrogen and oxygen atoms in total. The Labute approximate surface area is 87.8 Å². The maximum absolute atomic E-state index is 11.8. The molecule has 0 aromatic carbocycles. The second kappa shape index (κ2) is 6.63. The molecule has 14 heavy (non-hydrogen) atoms. The van der Waals surface area contributed by atoms with Gasteiger partial charge in [-0.25, -0.2) is 0 Å². The molecule has 0 rings (SSSR count). The van der Waals surface area contributed by atoms with Gasteiger partial charge in [-0.15, -0.1) is 0 Å². The Bertz CT molecular complexity index is 194. The average Bonchev–Trinajstić information content (AvgIpc) is 2.02. The molecule has 0 aromatic rings. The number of carbonyl (C=O) groups is 1. The van der Waals surface area contributed by atoms with E-state index in [-0.39, 0.29) is 17.9 Å². The molecule has 0 heterocycles. The zero-order valence-corrected chi connectivity index (χ0v) is 10.0. The van der Waals surface area contributed by atoms with E-state index in [2.05, 4.69) is 25.2 Å². The highest BCUT2D eigenvalue weighted by Crippen LogP contribution is 2.16. The van der Waals surface area contributed by atoms with E-state index in [1.54, 1.807) is 0 Å². The molecule has 82 valence electrons. The summed E-state index contributed by atoms with van der Waals surface area (Å²) in [6.45, 7) is 10.1. The first-order chi connectivity index (χ1) is 6.49. The van der Waals surface area contributed by atoms with Crippen molar-refractivity contribution in [3.63, 3.8) is 0 Å². The van der Waals surface area contributed by atoms with Crippen LogP contribution in [0.25, 0.3) is 0 Å². The SMILES string of the molecule is C/C=C/CC(C(=O)NC(C)C)C(C)C. The van der Waals surface area contributed by atoms with Crippen molar-refractivity contribution in [1.29, 1.82) is 0 Å². The summed E-state index contributed by atoms with van der Waals surface area (Å²) in [5.74, 6) is 0.673. The summed E-state index contributed by atoms with van der Waals surface area (Å²) >= 11 is 0. The molecule has 1 amide bonds. The average molecular weight is 197 g/mol. The zero-order valence-electron chi connectivity index (χ0n) is 10.0. The van der Waals surface area contributed by atoms with Crippen molar-refractivity contribution in [2.24, 2.45) is 11.8 Å². The molecule has 1 N–H and O–H groups in total. The number of amides is 1. The van der Waals surface area contributed by atoms with Gasteiger partial charge >= 0.3 is 0 Å². The third-order valence-electron chi connectivity index (χ3n) is 2.20. The lowest BCUT2D eigenvalue weighted by molar-refractivity contribution is -0.126. The maximum atomic E-state index is 11.8. The van der Waals surface area contributed by atoms with Gasteiger partial charge in [0.15, 0.2) is 0 Å². The van der Waals surface area contributed by atoms with E-state index >= 15 is 0 Å². The van der Waals surface area contributed by atoms with Crippen molar-refractivity contribution in [3.8, 4) is 0 Å². The smallest absolute Gasteiger partial charge is 0.223 e. The topological polar surface area (TPSA) is 29.1 Å². The minimum absolute atomic E-state index is 0.105. The number of nitrogens with one attached hydrogen (secondary N) is 1. The van der Waals surface area contributed by atoms with Gasteiger partial charge in [-0.1, -0.05) is 26.0 Å². The summed E-state index contributed by atoms with van der Waals surface area (Å²) in [4.78, 5) is 11.8. The standard InChI is InChI=1S/C12H23NO/c1-6-7-8-11(9(2)3)12(14)13-10(4)5/h6-7,9-11H,8H2,1-5H3,(H,13,14)/b7-6+. The summed E-state index contributed by atoms with van der Waals surface area (Å²) in [7, 11) is 0. The van der Waals surface area contributed by atoms with E-state index in [0.717, 1.165) is 6.42 Å². The van der Waals surface area contributed by atoms with Crippen LogP contribution < -0.4 is 5.32 Å². The van der Waals surface area contributed by atoms with Gasteiger partial charge in [0.05, 0.1) is 0 Å². The van der Waals surface area contributed by atoms with E-state index in [9.17, 15) is 4.79 Å². The van der Waals surface area contributed by atoms with Crippen LogP contribution in [0.5, 0.6) is 0 Å². The van der Waals surface area contributed by atoms with Crippen LogP contribution in [0.4, 0.5) is 0 Å². The highest BCUT2D eigenvalue weighted by atomic mass is 16.1. The summed E-state index contributed by atoms with van der Waals surface area (Å²) in [5.41, 5.74) is 0. The molecule has 0 bridgehead atoms. The fourth-order valence-corrected chi connectivity index (χ4v) is 1.36. The van der Waals surface area contributed by atoms with Gasteiger partial charge in [-0.05, 0) is 33.1 Å². The number of allylic oxidation sites excluding steroid dienone is 2. The highest BCUT2D eigenvalue weighted by molar-refractivity contribution is 5.79. The van der Waals surface area contributed by atoms with Gasteiger partial charge in [0, 0.05) is 12.0 Å². The largest absolute Gasteiger partial charge is 0.354 e. The second-order valence-corrected chi connectivity index (χ2v) is 4.32. The molecule has 0 aliphatic rings. The summed E-state index contributed by atoms with van der Waals surface area (Å²) in [6.07, 6.45) is 4.90. The summed E-state index contributed by atoms with van der Waals surface area (Å²) in [6, 6.07) is 0.231. The molecule has 0 radical (unpaired) electrons. The monoisotopic (exact) mass is 197 g/mol. The van der Waals surface area contributed by atoms with Crippen LogP contribution in [-0.2, 0) is 4.79 Å². The van der Waals surface area contributed by atoms with Crippen molar-refractivity contribution >= 4 is 5.91 Å². The Morgan fingerprint density at radius 2 is 1.86 bits per heavy atom. The first kappa shape index (κ1) is 13.2. The Kier molecular flexibility index (Phi) is 6.26. The van der Waals surface area contributed by atoms with Gasteiger partial charge in [0.2, 0.25) is 5.91 Å². The molecular weight excluding hydrogens is 174 g/mol. The van der Waals surface area contributed by atoms with Crippen molar-refractivity contribution in [1.82, 2.24) is 5.32 Å². The third-order valence-corrected chi connectivity index (χ3v) is 2.20. The van der Waals surface area contributed by atoms with Gasteiger partial charge in [0.1, 0.15) is 0 Å². The molecular formula is C12H23NO. The molecule has 0 aromatic heterocycles. The van der Waals surface area contributed by atoms with Crippen LogP contribution in [-0.4, -0.2) is 11.9 Å².